The maximum Gasteiger partial charge on any atom is 0.328 e. The first-order valence-corrected chi connectivity index (χ1v) is 5.83. The van der Waals surface area contributed by atoms with Gasteiger partial charge in [-0.1, -0.05) is 13.8 Å². The molecular weight excluding hydrogens is 220 g/mol. The van der Waals surface area contributed by atoms with E-state index in [2.05, 4.69) is 5.32 Å². The number of hydrogen-bond acceptors (Lipinski definition) is 4. The molecule has 0 rings (SSSR count). The van der Waals surface area contributed by atoms with Crippen molar-refractivity contribution < 1.29 is 14.3 Å². The van der Waals surface area contributed by atoms with Gasteiger partial charge >= 0.3 is 5.97 Å². The summed E-state index contributed by atoms with van der Waals surface area (Å²) in [5, 5.41) is 2.54. The van der Waals surface area contributed by atoms with Crippen LogP contribution in [0.4, 0.5) is 0 Å². The third kappa shape index (κ3) is 6.26. The van der Waals surface area contributed by atoms with Gasteiger partial charge in [0.15, 0.2) is 0 Å². The number of hydrogen-bond donors (Lipinski definition) is 2. The fraction of sp³-hybridized carbons (Fsp3) is 0.833. The molecule has 2 atom stereocenters. The number of ether oxygens (including phenoxy) is 1. The first-order chi connectivity index (χ1) is 7.54. The molecule has 0 spiro atoms. The quantitative estimate of drug-likeness (QED) is 0.717. The van der Waals surface area contributed by atoms with Crippen molar-refractivity contribution in [3.63, 3.8) is 0 Å². The lowest BCUT2D eigenvalue weighted by molar-refractivity contribution is -0.158. The molecular formula is C12H24N2O3. The lowest BCUT2D eigenvalue weighted by Gasteiger charge is -2.24. The van der Waals surface area contributed by atoms with Crippen LogP contribution < -0.4 is 11.1 Å². The van der Waals surface area contributed by atoms with Crippen LogP contribution >= 0.6 is 0 Å². The molecule has 0 aromatic carbocycles. The smallest absolute Gasteiger partial charge is 0.328 e. The first kappa shape index (κ1) is 15.9. The van der Waals surface area contributed by atoms with Crippen molar-refractivity contribution in [2.45, 2.75) is 59.2 Å². The summed E-state index contributed by atoms with van der Waals surface area (Å²) in [6, 6.07) is -1.30. The molecule has 0 aliphatic carbocycles. The zero-order valence-electron chi connectivity index (χ0n) is 11.5. The third-order valence-corrected chi connectivity index (χ3v) is 2.14. The van der Waals surface area contributed by atoms with Gasteiger partial charge in [0.1, 0.15) is 11.6 Å². The summed E-state index contributed by atoms with van der Waals surface area (Å²) in [5.41, 5.74) is 5.11. The fourth-order valence-electron chi connectivity index (χ4n) is 1.06. The van der Waals surface area contributed by atoms with Crippen LogP contribution in [0.5, 0.6) is 0 Å². The van der Waals surface area contributed by atoms with Gasteiger partial charge in [-0.25, -0.2) is 4.79 Å². The number of nitrogens with one attached hydrogen (secondary N) is 1. The Kier molecular flexibility index (Phi) is 5.61. The maximum absolute atomic E-state index is 11.6. The molecule has 0 aliphatic rings. The summed E-state index contributed by atoms with van der Waals surface area (Å²) in [4.78, 5) is 23.2. The molecule has 5 heteroatoms. The monoisotopic (exact) mass is 244 g/mol. The Morgan fingerprint density at radius 2 is 1.65 bits per heavy atom. The molecule has 1 amide bonds. The molecule has 5 nitrogen and oxygen atoms in total. The predicted molar refractivity (Wildman–Crippen MR) is 66.3 cm³/mol. The van der Waals surface area contributed by atoms with Gasteiger partial charge in [0.2, 0.25) is 5.91 Å². The molecule has 0 saturated heterocycles. The Morgan fingerprint density at radius 1 is 1.18 bits per heavy atom. The van der Waals surface area contributed by atoms with Crippen molar-refractivity contribution in [3.8, 4) is 0 Å². The number of amides is 1. The molecule has 0 heterocycles. The second-order valence-corrected chi connectivity index (χ2v) is 5.53. The molecule has 17 heavy (non-hydrogen) atoms. The van der Waals surface area contributed by atoms with Crippen molar-refractivity contribution in [2.75, 3.05) is 0 Å². The van der Waals surface area contributed by atoms with Crippen LogP contribution in [-0.2, 0) is 14.3 Å². The van der Waals surface area contributed by atoms with Gasteiger partial charge in [-0.15, -0.1) is 0 Å². The molecule has 0 aromatic heterocycles. The Hall–Kier alpha value is -1.10. The number of nitrogens with two attached hydrogens (primary N) is 1. The van der Waals surface area contributed by atoms with Gasteiger partial charge in [-0.2, -0.15) is 0 Å². The Labute approximate surface area is 103 Å². The zero-order chi connectivity index (χ0) is 13.8. The summed E-state index contributed by atoms with van der Waals surface area (Å²) < 4.78 is 5.15. The maximum atomic E-state index is 11.6. The van der Waals surface area contributed by atoms with Crippen molar-refractivity contribution in [1.29, 1.82) is 0 Å². The van der Waals surface area contributed by atoms with Crippen LogP contribution in [0.25, 0.3) is 0 Å². The van der Waals surface area contributed by atoms with Crippen molar-refractivity contribution >= 4 is 11.9 Å². The van der Waals surface area contributed by atoms with E-state index in [1.807, 2.05) is 13.8 Å². The molecule has 0 bridgehead atoms. The van der Waals surface area contributed by atoms with Crippen molar-refractivity contribution in [2.24, 2.45) is 11.7 Å². The lowest BCUT2D eigenvalue weighted by atomic mass is 10.0. The van der Waals surface area contributed by atoms with Gasteiger partial charge in [-0.05, 0) is 33.6 Å². The normalized spacial score (nSPS) is 15.3. The van der Waals surface area contributed by atoms with E-state index >= 15 is 0 Å². The number of carbonyl (C=O) groups is 2. The van der Waals surface area contributed by atoms with E-state index in [1.165, 1.54) is 0 Å². The first-order valence-electron chi connectivity index (χ1n) is 5.83. The van der Waals surface area contributed by atoms with Crippen molar-refractivity contribution in [1.82, 2.24) is 5.32 Å². The zero-order valence-corrected chi connectivity index (χ0v) is 11.5. The van der Waals surface area contributed by atoms with Crippen LogP contribution in [0.15, 0.2) is 0 Å². The largest absolute Gasteiger partial charge is 0.458 e. The summed E-state index contributed by atoms with van der Waals surface area (Å²) in [7, 11) is 0. The Morgan fingerprint density at radius 3 is 2.00 bits per heavy atom. The van der Waals surface area contributed by atoms with E-state index < -0.39 is 23.7 Å². The van der Waals surface area contributed by atoms with E-state index in [-0.39, 0.29) is 11.8 Å². The van der Waals surface area contributed by atoms with E-state index in [0.29, 0.717) is 0 Å². The van der Waals surface area contributed by atoms with Gasteiger partial charge in [-0.3, -0.25) is 4.79 Å². The van der Waals surface area contributed by atoms with Crippen LogP contribution in [0.3, 0.4) is 0 Å². The molecule has 3 N–H and O–H groups in total. The highest BCUT2D eigenvalue weighted by Gasteiger charge is 2.25. The Bertz CT molecular complexity index is 282. The standard InChI is InChI=1S/C12H24N2O3/c1-7(2)9(13)10(15)14-8(3)11(16)17-12(4,5)6/h7-9H,13H2,1-6H3,(H,14,15)/t8?,9-/m0/s1. The predicted octanol–water partition coefficient (Wildman–Crippen LogP) is 0.816. The highest BCUT2D eigenvalue weighted by Crippen LogP contribution is 2.08. The number of esters is 1. The molecule has 0 aliphatic heterocycles. The number of carbonyl (C=O) groups excluding carboxylic acids is 2. The van der Waals surface area contributed by atoms with Crippen molar-refractivity contribution in [3.05, 3.63) is 0 Å². The SMILES string of the molecule is CC(NC(=O)[C@@H](N)C(C)C)C(=O)OC(C)(C)C. The minimum atomic E-state index is -0.688. The molecule has 0 saturated carbocycles. The molecule has 100 valence electrons. The van der Waals surface area contributed by atoms with Gasteiger partial charge in [0.25, 0.3) is 0 Å². The highest BCUT2D eigenvalue weighted by atomic mass is 16.6. The van der Waals surface area contributed by atoms with E-state index in [9.17, 15) is 9.59 Å². The fourth-order valence-corrected chi connectivity index (χ4v) is 1.06. The minimum Gasteiger partial charge on any atom is -0.458 e. The van der Waals surface area contributed by atoms with Gasteiger partial charge < -0.3 is 15.8 Å². The summed E-state index contributed by atoms with van der Waals surface area (Å²) in [6.45, 7) is 10.6. The van der Waals surface area contributed by atoms with Crippen LogP contribution in [0.2, 0.25) is 0 Å². The van der Waals surface area contributed by atoms with Gasteiger partial charge in [0.05, 0.1) is 6.04 Å². The van der Waals surface area contributed by atoms with Crippen LogP contribution in [-0.4, -0.2) is 29.6 Å². The lowest BCUT2D eigenvalue weighted by Crippen LogP contribution is -2.50. The average molecular weight is 244 g/mol. The van der Waals surface area contributed by atoms with E-state index in [4.69, 9.17) is 10.5 Å². The average Bonchev–Trinajstić information content (AvgIpc) is 2.13. The summed E-state index contributed by atoms with van der Waals surface area (Å²) in [6.07, 6.45) is 0. The Balaban J connectivity index is 4.31. The molecule has 0 aromatic rings. The minimum absolute atomic E-state index is 0.0286. The second-order valence-electron chi connectivity index (χ2n) is 5.53. The molecule has 1 unspecified atom stereocenters. The summed E-state index contributed by atoms with van der Waals surface area (Å²) in [5.74, 6) is -0.763. The molecule has 0 fully saturated rings. The summed E-state index contributed by atoms with van der Waals surface area (Å²) >= 11 is 0. The molecule has 0 radical (unpaired) electrons. The van der Waals surface area contributed by atoms with Crippen LogP contribution in [0.1, 0.15) is 41.5 Å². The highest BCUT2D eigenvalue weighted by molar-refractivity contribution is 5.87. The third-order valence-electron chi connectivity index (χ3n) is 2.14. The van der Waals surface area contributed by atoms with E-state index in [1.54, 1.807) is 27.7 Å². The number of rotatable bonds is 4. The van der Waals surface area contributed by atoms with Gasteiger partial charge in [0, 0.05) is 0 Å². The van der Waals surface area contributed by atoms with E-state index in [0.717, 1.165) is 0 Å². The van der Waals surface area contributed by atoms with Crippen LogP contribution in [0, 0.1) is 5.92 Å². The second kappa shape index (κ2) is 6.00. The topological polar surface area (TPSA) is 81.4 Å².